The smallest absolute Gasteiger partial charge is 0.336 e. The third-order valence-electron chi connectivity index (χ3n) is 5.92. The summed E-state index contributed by atoms with van der Waals surface area (Å²) in [7, 11) is 0. The van der Waals surface area contributed by atoms with E-state index in [1.54, 1.807) is 6.07 Å². The summed E-state index contributed by atoms with van der Waals surface area (Å²) in [6.07, 6.45) is 4.41. The number of pyridine rings is 1. The Labute approximate surface area is 184 Å². The highest BCUT2D eigenvalue weighted by atomic mass is 35.5. The zero-order valence-corrected chi connectivity index (χ0v) is 17.8. The van der Waals surface area contributed by atoms with Crippen LogP contribution in [0.3, 0.4) is 0 Å². The number of nitrogens with zero attached hydrogens (tertiary/aromatic N) is 2. The maximum atomic E-state index is 12.3. The Morgan fingerprint density at radius 1 is 1.00 bits per heavy atom. The number of ether oxygens (including phenoxy) is 2. The van der Waals surface area contributed by atoms with Gasteiger partial charge in [-0.3, -0.25) is 9.88 Å². The lowest BCUT2D eigenvalue weighted by atomic mass is 10.1. The highest BCUT2D eigenvalue weighted by Gasteiger charge is 2.21. The second-order valence-corrected chi connectivity index (χ2v) is 7.89. The highest BCUT2D eigenvalue weighted by molar-refractivity contribution is 5.97. The van der Waals surface area contributed by atoms with Gasteiger partial charge in [-0.25, -0.2) is 4.79 Å². The molecule has 8 heteroatoms. The van der Waals surface area contributed by atoms with E-state index in [4.69, 9.17) is 18.3 Å². The van der Waals surface area contributed by atoms with E-state index in [9.17, 15) is 4.79 Å². The van der Waals surface area contributed by atoms with Crippen LogP contribution in [0.2, 0.25) is 0 Å². The third kappa shape index (κ3) is 3.34. The summed E-state index contributed by atoms with van der Waals surface area (Å²) in [6, 6.07) is 7.00. The van der Waals surface area contributed by atoms with Crippen LogP contribution in [0, 0.1) is 6.92 Å². The van der Waals surface area contributed by atoms with E-state index >= 15 is 0 Å². The molecule has 0 atom stereocenters. The first-order chi connectivity index (χ1) is 14.7. The summed E-state index contributed by atoms with van der Waals surface area (Å²) in [5, 5.41) is 1.77. The van der Waals surface area contributed by atoms with Gasteiger partial charge in [0.2, 0.25) is 6.79 Å². The SMILES string of the molecule is Cc1ncc(CN2CCCC2)c2cc(-c3cc(=O)oc4cc5c(cc34)OCO5)oc12.Cl. The predicted octanol–water partition coefficient (Wildman–Crippen LogP) is 4.66. The minimum Gasteiger partial charge on any atom is -0.454 e. The number of aryl methyl sites for hydroxylation is 1. The molecule has 7 nitrogen and oxygen atoms in total. The Bertz CT molecular complexity index is 1350. The van der Waals surface area contributed by atoms with Crippen molar-refractivity contribution in [2.24, 2.45) is 0 Å². The molecule has 0 saturated carbocycles. The van der Waals surface area contributed by atoms with Gasteiger partial charge in [0, 0.05) is 41.2 Å². The third-order valence-corrected chi connectivity index (χ3v) is 5.92. The Morgan fingerprint density at radius 3 is 2.58 bits per heavy atom. The number of halogens is 1. The van der Waals surface area contributed by atoms with Crippen LogP contribution in [-0.4, -0.2) is 29.8 Å². The van der Waals surface area contributed by atoms with Crippen LogP contribution < -0.4 is 15.1 Å². The molecule has 1 saturated heterocycles. The molecule has 0 aliphatic carbocycles. The van der Waals surface area contributed by atoms with Gasteiger partial charge >= 0.3 is 5.63 Å². The van der Waals surface area contributed by atoms with Crippen molar-refractivity contribution in [3.05, 3.63) is 52.1 Å². The van der Waals surface area contributed by atoms with Crippen molar-refractivity contribution >= 4 is 34.3 Å². The van der Waals surface area contributed by atoms with Crippen LogP contribution in [0.15, 0.2) is 44.1 Å². The Kier molecular flexibility index (Phi) is 4.87. The normalized spacial score (nSPS) is 15.6. The molecule has 1 aromatic carbocycles. The van der Waals surface area contributed by atoms with Crippen molar-refractivity contribution in [3.63, 3.8) is 0 Å². The van der Waals surface area contributed by atoms with Crippen molar-refractivity contribution in [1.29, 1.82) is 0 Å². The van der Waals surface area contributed by atoms with Gasteiger partial charge < -0.3 is 18.3 Å². The molecule has 6 rings (SSSR count). The van der Waals surface area contributed by atoms with E-state index in [1.165, 1.54) is 18.9 Å². The topological polar surface area (TPSA) is 77.9 Å². The van der Waals surface area contributed by atoms with E-state index in [1.807, 2.05) is 25.3 Å². The number of likely N-dealkylation sites (tertiary alicyclic amines) is 1. The Hall–Kier alpha value is -3.03. The summed E-state index contributed by atoms with van der Waals surface area (Å²) in [5.41, 5.74) is 3.38. The molecule has 0 amide bonds. The summed E-state index contributed by atoms with van der Waals surface area (Å²) in [5.74, 6) is 1.81. The number of aromatic nitrogens is 1. The summed E-state index contributed by atoms with van der Waals surface area (Å²) in [6.45, 7) is 5.15. The number of benzene rings is 1. The van der Waals surface area contributed by atoms with E-state index in [0.29, 0.717) is 28.4 Å². The first kappa shape index (κ1) is 19.9. The Morgan fingerprint density at radius 2 is 1.77 bits per heavy atom. The van der Waals surface area contributed by atoms with Gasteiger partial charge in [-0.1, -0.05) is 0 Å². The highest BCUT2D eigenvalue weighted by Crippen LogP contribution is 2.40. The second-order valence-electron chi connectivity index (χ2n) is 7.89. The van der Waals surface area contributed by atoms with Crippen molar-refractivity contribution < 1.29 is 18.3 Å². The summed E-state index contributed by atoms with van der Waals surface area (Å²) >= 11 is 0. The average molecular weight is 441 g/mol. The molecule has 31 heavy (non-hydrogen) atoms. The lowest BCUT2D eigenvalue weighted by Crippen LogP contribution is -2.18. The number of hydrogen-bond acceptors (Lipinski definition) is 7. The fraction of sp³-hybridized carbons (Fsp3) is 0.304. The molecule has 0 unspecified atom stereocenters. The lowest BCUT2D eigenvalue weighted by Gasteiger charge is -2.14. The van der Waals surface area contributed by atoms with Gasteiger partial charge in [-0.15, -0.1) is 12.4 Å². The molecule has 0 spiro atoms. The van der Waals surface area contributed by atoms with Gasteiger partial charge in [-0.2, -0.15) is 0 Å². The fourth-order valence-electron chi connectivity index (χ4n) is 4.40. The molecule has 2 aliphatic rings. The number of hydrogen-bond donors (Lipinski definition) is 0. The molecule has 160 valence electrons. The van der Waals surface area contributed by atoms with Crippen molar-refractivity contribution in [2.45, 2.75) is 26.3 Å². The van der Waals surface area contributed by atoms with Gasteiger partial charge in [0.25, 0.3) is 0 Å². The zero-order chi connectivity index (χ0) is 20.2. The maximum Gasteiger partial charge on any atom is 0.336 e. The first-order valence-corrected chi connectivity index (χ1v) is 10.1. The van der Waals surface area contributed by atoms with E-state index in [-0.39, 0.29) is 19.2 Å². The summed E-state index contributed by atoms with van der Waals surface area (Å²) < 4.78 is 22.6. The monoisotopic (exact) mass is 440 g/mol. The van der Waals surface area contributed by atoms with E-state index in [2.05, 4.69) is 9.88 Å². The van der Waals surface area contributed by atoms with Gasteiger partial charge in [0.05, 0.1) is 5.69 Å². The zero-order valence-electron chi connectivity index (χ0n) is 17.0. The molecular weight excluding hydrogens is 420 g/mol. The van der Waals surface area contributed by atoms with Gasteiger partial charge in [0.15, 0.2) is 17.1 Å². The quantitative estimate of drug-likeness (QED) is 0.429. The number of rotatable bonds is 3. The molecule has 5 heterocycles. The van der Waals surface area contributed by atoms with Crippen LogP contribution in [-0.2, 0) is 6.54 Å². The minimum atomic E-state index is -0.441. The van der Waals surface area contributed by atoms with Crippen LogP contribution in [0.25, 0.3) is 33.3 Å². The first-order valence-electron chi connectivity index (χ1n) is 10.1. The lowest BCUT2D eigenvalue weighted by molar-refractivity contribution is 0.174. The van der Waals surface area contributed by atoms with E-state index < -0.39 is 5.63 Å². The maximum absolute atomic E-state index is 12.3. The average Bonchev–Trinajstić information content (AvgIpc) is 3.48. The fourth-order valence-corrected chi connectivity index (χ4v) is 4.40. The Balaban J connectivity index is 0.00000204. The molecule has 2 aliphatic heterocycles. The molecule has 4 aromatic rings. The molecule has 0 N–H and O–H groups in total. The van der Waals surface area contributed by atoms with Crippen LogP contribution in [0.5, 0.6) is 11.5 Å². The van der Waals surface area contributed by atoms with Gasteiger partial charge in [0.1, 0.15) is 11.3 Å². The predicted molar refractivity (Wildman–Crippen MR) is 118 cm³/mol. The number of fused-ring (bicyclic) bond motifs is 3. The van der Waals surface area contributed by atoms with Crippen LogP contribution in [0.4, 0.5) is 0 Å². The molecule has 3 aromatic heterocycles. The standard InChI is InChI=1S/C23H20N2O5.ClH/c1-13-23-15(14(10-24-13)11-25-4-2-3-5-25)6-18(30-23)17-8-22(26)29-19-9-21-20(7-16(17)19)27-12-28-21;/h6-10H,2-5,11-12H2,1H3;1H. The van der Waals surface area contributed by atoms with Gasteiger partial charge in [-0.05, 0) is 50.6 Å². The summed E-state index contributed by atoms with van der Waals surface area (Å²) in [4.78, 5) is 19.2. The van der Waals surface area contributed by atoms with E-state index in [0.717, 1.165) is 47.2 Å². The van der Waals surface area contributed by atoms with Crippen molar-refractivity contribution in [1.82, 2.24) is 9.88 Å². The molecule has 0 radical (unpaired) electrons. The largest absolute Gasteiger partial charge is 0.454 e. The van der Waals surface area contributed by atoms with Crippen molar-refractivity contribution in [3.8, 4) is 22.8 Å². The molecule has 1 fully saturated rings. The molecular formula is C23H21ClN2O5. The molecule has 0 bridgehead atoms. The van der Waals surface area contributed by atoms with Crippen LogP contribution in [0.1, 0.15) is 24.1 Å². The minimum absolute atomic E-state index is 0. The van der Waals surface area contributed by atoms with Crippen LogP contribution >= 0.6 is 12.4 Å². The second kappa shape index (κ2) is 7.59. The van der Waals surface area contributed by atoms with Crippen molar-refractivity contribution in [2.75, 3.05) is 19.9 Å². The number of furan rings is 1.